The molecule has 1 atom stereocenters. The van der Waals surface area contributed by atoms with Crippen molar-refractivity contribution in [3.63, 3.8) is 0 Å². The Morgan fingerprint density at radius 2 is 1.86 bits per heavy atom. The van der Waals surface area contributed by atoms with Gasteiger partial charge in [0.2, 0.25) is 0 Å². The summed E-state index contributed by atoms with van der Waals surface area (Å²) in [6.45, 7) is 0. The lowest BCUT2D eigenvalue weighted by atomic mass is 9.99. The van der Waals surface area contributed by atoms with Gasteiger partial charge in [-0.3, -0.25) is 0 Å². The highest BCUT2D eigenvalue weighted by molar-refractivity contribution is 6.35. The van der Waals surface area contributed by atoms with Gasteiger partial charge in [0, 0.05) is 16.1 Å². The van der Waals surface area contributed by atoms with Crippen LogP contribution in [0.5, 0.6) is 5.75 Å². The predicted octanol–water partition coefficient (Wildman–Crippen LogP) is 4.25. The van der Waals surface area contributed by atoms with Crippen LogP contribution >= 0.6 is 23.2 Å². The van der Waals surface area contributed by atoms with E-state index in [0.29, 0.717) is 28.5 Å². The van der Waals surface area contributed by atoms with Crippen molar-refractivity contribution in [2.45, 2.75) is 18.9 Å². The summed E-state index contributed by atoms with van der Waals surface area (Å²) in [5.41, 5.74) is 7.54. The number of hydrogen-bond donors (Lipinski definition) is 1. The van der Waals surface area contributed by atoms with Crippen molar-refractivity contribution in [1.29, 1.82) is 0 Å². The summed E-state index contributed by atoms with van der Waals surface area (Å²) in [4.78, 5) is 0. The van der Waals surface area contributed by atoms with E-state index in [1.807, 2.05) is 6.07 Å². The summed E-state index contributed by atoms with van der Waals surface area (Å²) in [6.07, 6.45) is 0.953. The van der Waals surface area contributed by atoms with Crippen molar-refractivity contribution in [3.8, 4) is 5.75 Å². The fraction of sp³-hybridized carbons (Fsp3) is 0.250. The van der Waals surface area contributed by atoms with Gasteiger partial charge in [-0.25, -0.2) is 4.39 Å². The molecule has 0 aliphatic heterocycles. The molecule has 0 saturated heterocycles. The first kappa shape index (κ1) is 16.1. The molecular formula is C16H16Cl2FNO. The molecule has 0 heterocycles. The van der Waals surface area contributed by atoms with E-state index < -0.39 is 0 Å². The first-order valence-electron chi connectivity index (χ1n) is 6.52. The van der Waals surface area contributed by atoms with Crippen LogP contribution in [0.15, 0.2) is 36.4 Å². The first-order chi connectivity index (χ1) is 10.0. The minimum atomic E-state index is -0.363. The van der Waals surface area contributed by atoms with Crippen LogP contribution in [0, 0.1) is 5.82 Å². The maximum absolute atomic E-state index is 14.1. The fourth-order valence-corrected chi connectivity index (χ4v) is 2.68. The smallest absolute Gasteiger partial charge is 0.168 e. The largest absolute Gasteiger partial charge is 0.494 e. The van der Waals surface area contributed by atoms with Crippen LogP contribution in [0.2, 0.25) is 10.0 Å². The average Bonchev–Trinajstić information content (AvgIpc) is 2.44. The Bertz CT molecular complexity index is 634. The second kappa shape index (κ2) is 7.12. The third-order valence-electron chi connectivity index (χ3n) is 3.24. The van der Waals surface area contributed by atoms with Crippen molar-refractivity contribution >= 4 is 23.2 Å². The van der Waals surface area contributed by atoms with E-state index in [0.717, 1.165) is 5.56 Å². The summed E-state index contributed by atoms with van der Waals surface area (Å²) >= 11 is 12.0. The van der Waals surface area contributed by atoms with Gasteiger partial charge in [-0.05, 0) is 42.2 Å². The van der Waals surface area contributed by atoms with Gasteiger partial charge in [0.05, 0.1) is 7.11 Å². The molecule has 0 aromatic heterocycles. The van der Waals surface area contributed by atoms with E-state index >= 15 is 0 Å². The Hall–Kier alpha value is -1.29. The monoisotopic (exact) mass is 327 g/mol. The molecular weight excluding hydrogens is 312 g/mol. The van der Waals surface area contributed by atoms with Gasteiger partial charge in [0.1, 0.15) is 0 Å². The first-order valence-corrected chi connectivity index (χ1v) is 7.27. The molecule has 5 heteroatoms. The molecule has 0 amide bonds. The minimum absolute atomic E-state index is 0.226. The number of rotatable bonds is 5. The quantitative estimate of drug-likeness (QED) is 0.890. The molecule has 2 N–H and O–H groups in total. The second-order valence-electron chi connectivity index (χ2n) is 4.84. The highest BCUT2D eigenvalue weighted by Gasteiger charge is 2.13. The van der Waals surface area contributed by atoms with Crippen molar-refractivity contribution < 1.29 is 9.13 Å². The van der Waals surface area contributed by atoms with Crippen LogP contribution < -0.4 is 10.5 Å². The summed E-state index contributed by atoms with van der Waals surface area (Å²) in [7, 11) is 1.44. The zero-order chi connectivity index (χ0) is 15.4. The van der Waals surface area contributed by atoms with Gasteiger partial charge < -0.3 is 10.5 Å². The van der Waals surface area contributed by atoms with Crippen molar-refractivity contribution in [3.05, 3.63) is 63.4 Å². The number of ether oxygens (including phenoxy) is 1. The Labute approximate surface area is 133 Å². The number of benzene rings is 2. The van der Waals surface area contributed by atoms with Crippen LogP contribution in [0.3, 0.4) is 0 Å². The molecule has 0 aliphatic rings. The van der Waals surface area contributed by atoms with Gasteiger partial charge in [0.25, 0.3) is 0 Å². The summed E-state index contributed by atoms with van der Waals surface area (Å²) in [6, 6.07) is 10.1. The van der Waals surface area contributed by atoms with Gasteiger partial charge in [-0.15, -0.1) is 0 Å². The maximum atomic E-state index is 14.1. The van der Waals surface area contributed by atoms with E-state index in [-0.39, 0.29) is 17.6 Å². The number of hydrogen-bond acceptors (Lipinski definition) is 2. The van der Waals surface area contributed by atoms with Crippen molar-refractivity contribution in [1.82, 2.24) is 0 Å². The molecule has 2 nitrogen and oxygen atoms in total. The minimum Gasteiger partial charge on any atom is -0.494 e. The van der Waals surface area contributed by atoms with Gasteiger partial charge >= 0.3 is 0 Å². The molecule has 0 aliphatic carbocycles. The molecule has 2 aromatic carbocycles. The Kier molecular flexibility index (Phi) is 5.45. The predicted molar refractivity (Wildman–Crippen MR) is 84.8 cm³/mol. The molecule has 0 bridgehead atoms. The normalized spacial score (nSPS) is 12.2. The van der Waals surface area contributed by atoms with E-state index in [1.165, 1.54) is 7.11 Å². The lowest BCUT2D eigenvalue weighted by molar-refractivity contribution is 0.383. The fourth-order valence-electron chi connectivity index (χ4n) is 2.20. The molecule has 2 rings (SSSR count). The summed E-state index contributed by atoms with van der Waals surface area (Å²) < 4.78 is 19.0. The van der Waals surface area contributed by atoms with Crippen molar-refractivity contribution in [2.75, 3.05) is 7.11 Å². The summed E-state index contributed by atoms with van der Waals surface area (Å²) in [5, 5.41) is 1.15. The molecule has 0 fully saturated rings. The molecule has 21 heavy (non-hydrogen) atoms. The van der Waals surface area contributed by atoms with E-state index in [4.69, 9.17) is 33.7 Å². The highest BCUT2D eigenvalue weighted by Crippen LogP contribution is 2.24. The third-order valence-corrected chi connectivity index (χ3v) is 3.83. The molecule has 0 spiro atoms. The maximum Gasteiger partial charge on any atom is 0.168 e. The topological polar surface area (TPSA) is 35.2 Å². The van der Waals surface area contributed by atoms with Crippen LogP contribution in [0.25, 0.3) is 0 Å². The molecule has 112 valence electrons. The van der Waals surface area contributed by atoms with Crippen LogP contribution in [0.4, 0.5) is 4.39 Å². The third kappa shape index (κ3) is 4.10. The number of nitrogens with two attached hydrogens (primary N) is 1. The van der Waals surface area contributed by atoms with Crippen molar-refractivity contribution in [2.24, 2.45) is 5.73 Å². The van der Waals surface area contributed by atoms with Gasteiger partial charge in [-0.1, -0.05) is 41.4 Å². The summed E-state index contributed by atoms with van der Waals surface area (Å²) in [5.74, 6) is -0.137. The molecule has 0 saturated carbocycles. The van der Waals surface area contributed by atoms with Crippen LogP contribution in [-0.4, -0.2) is 13.2 Å². The zero-order valence-electron chi connectivity index (χ0n) is 11.6. The van der Waals surface area contributed by atoms with E-state index in [1.54, 1.807) is 30.3 Å². The Morgan fingerprint density at radius 3 is 2.52 bits per heavy atom. The molecule has 1 unspecified atom stereocenters. The SMILES string of the molecule is COc1cccc(CC(N)Cc2ccc(Cl)cc2Cl)c1F. The molecule has 2 aromatic rings. The molecule has 0 radical (unpaired) electrons. The zero-order valence-corrected chi connectivity index (χ0v) is 13.1. The Balaban J connectivity index is 2.10. The highest BCUT2D eigenvalue weighted by atomic mass is 35.5. The van der Waals surface area contributed by atoms with Crippen LogP contribution in [-0.2, 0) is 12.8 Å². The lowest BCUT2D eigenvalue weighted by Gasteiger charge is -2.14. The number of halogens is 3. The number of methoxy groups -OCH3 is 1. The Morgan fingerprint density at radius 1 is 1.14 bits per heavy atom. The second-order valence-corrected chi connectivity index (χ2v) is 5.68. The lowest BCUT2D eigenvalue weighted by Crippen LogP contribution is -2.26. The van der Waals surface area contributed by atoms with Gasteiger partial charge in [0.15, 0.2) is 11.6 Å². The average molecular weight is 328 g/mol. The standard InChI is InChI=1S/C16H16Cl2FNO/c1-21-15-4-2-3-11(16(15)19)8-13(20)7-10-5-6-12(17)9-14(10)18/h2-6,9,13H,7-8,20H2,1H3. The van der Waals surface area contributed by atoms with E-state index in [9.17, 15) is 4.39 Å². The van der Waals surface area contributed by atoms with Gasteiger partial charge in [-0.2, -0.15) is 0 Å². The van der Waals surface area contributed by atoms with Crippen LogP contribution in [0.1, 0.15) is 11.1 Å². The van der Waals surface area contributed by atoms with E-state index in [2.05, 4.69) is 0 Å².